The number of aryl methyl sites for hydroxylation is 2. The quantitative estimate of drug-likeness (QED) is 0.789. The van der Waals surface area contributed by atoms with Crippen molar-refractivity contribution in [1.82, 2.24) is 0 Å². The SMILES string of the molecule is CCCCc1cc2c(cc1CC)CCN2. The molecule has 1 heteroatoms. The van der Waals surface area contributed by atoms with Gasteiger partial charge in [-0.2, -0.15) is 0 Å². The Bertz CT molecular complexity index is 341. The van der Waals surface area contributed by atoms with Crippen molar-refractivity contribution < 1.29 is 0 Å². The number of unbranched alkanes of at least 4 members (excludes halogenated alkanes) is 1. The van der Waals surface area contributed by atoms with E-state index in [1.54, 1.807) is 11.1 Å². The minimum absolute atomic E-state index is 1.12. The molecule has 82 valence electrons. The summed E-state index contributed by atoms with van der Waals surface area (Å²) in [5.74, 6) is 0. The zero-order valence-corrected chi connectivity index (χ0v) is 9.90. The summed E-state index contributed by atoms with van der Waals surface area (Å²) in [4.78, 5) is 0. The maximum atomic E-state index is 3.47. The zero-order valence-electron chi connectivity index (χ0n) is 9.90. The van der Waals surface area contributed by atoms with Crippen LogP contribution >= 0.6 is 0 Å². The van der Waals surface area contributed by atoms with E-state index in [2.05, 4.69) is 31.3 Å². The van der Waals surface area contributed by atoms with Crippen molar-refractivity contribution in [1.29, 1.82) is 0 Å². The first kappa shape index (κ1) is 10.5. The Labute approximate surface area is 92.9 Å². The Balaban J connectivity index is 2.27. The van der Waals surface area contributed by atoms with E-state index < -0.39 is 0 Å². The van der Waals surface area contributed by atoms with Gasteiger partial charge < -0.3 is 5.32 Å². The highest BCUT2D eigenvalue weighted by molar-refractivity contribution is 5.59. The lowest BCUT2D eigenvalue weighted by molar-refractivity contribution is 0.787. The molecule has 0 atom stereocenters. The third kappa shape index (κ3) is 2.17. The van der Waals surface area contributed by atoms with Crippen molar-refractivity contribution in [3.63, 3.8) is 0 Å². The van der Waals surface area contributed by atoms with Gasteiger partial charge in [0.05, 0.1) is 0 Å². The normalized spacial score (nSPS) is 13.7. The van der Waals surface area contributed by atoms with Crippen molar-refractivity contribution in [3.05, 3.63) is 28.8 Å². The predicted octanol–water partition coefficient (Wildman–Crippen LogP) is 3.56. The average molecular weight is 203 g/mol. The minimum Gasteiger partial charge on any atom is -0.384 e. The second-order valence-corrected chi connectivity index (χ2v) is 4.41. The van der Waals surface area contributed by atoms with Crippen LogP contribution in [0.2, 0.25) is 0 Å². The van der Waals surface area contributed by atoms with E-state index in [0.717, 1.165) is 6.54 Å². The molecule has 0 aliphatic carbocycles. The lowest BCUT2D eigenvalue weighted by atomic mass is 9.96. The van der Waals surface area contributed by atoms with E-state index in [1.165, 1.54) is 43.4 Å². The third-order valence-corrected chi connectivity index (χ3v) is 3.32. The highest BCUT2D eigenvalue weighted by Crippen LogP contribution is 2.27. The third-order valence-electron chi connectivity index (χ3n) is 3.32. The van der Waals surface area contributed by atoms with Crippen molar-refractivity contribution in [3.8, 4) is 0 Å². The molecule has 1 nitrogen and oxygen atoms in total. The van der Waals surface area contributed by atoms with Crippen LogP contribution in [0.1, 0.15) is 43.4 Å². The highest BCUT2D eigenvalue weighted by Gasteiger charge is 2.12. The molecular weight excluding hydrogens is 182 g/mol. The molecule has 0 saturated carbocycles. The standard InChI is InChI=1S/C14H21N/c1-3-5-6-12-10-14-13(7-8-15-14)9-11(12)4-2/h9-10,15H,3-8H2,1-2H3. The summed E-state index contributed by atoms with van der Waals surface area (Å²) in [6.07, 6.45) is 6.22. The fraction of sp³-hybridized carbons (Fsp3) is 0.571. The summed E-state index contributed by atoms with van der Waals surface area (Å²) in [7, 11) is 0. The number of rotatable bonds is 4. The van der Waals surface area contributed by atoms with E-state index >= 15 is 0 Å². The van der Waals surface area contributed by atoms with Crippen LogP contribution in [0.5, 0.6) is 0 Å². The summed E-state index contributed by atoms with van der Waals surface area (Å²) >= 11 is 0. The molecule has 1 N–H and O–H groups in total. The van der Waals surface area contributed by atoms with Gasteiger partial charge in [0.25, 0.3) is 0 Å². The maximum absolute atomic E-state index is 3.47. The smallest absolute Gasteiger partial charge is 0.0376 e. The van der Waals surface area contributed by atoms with Crippen LogP contribution in [0.25, 0.3) is 0 Å². The Hall–Kier alpha value is -0.980. The largest absolute Gasteiger partial charge is 0.384 e. The molecule has 0 fully saturated rings. The summed E-state index contributed by atoms with van der Waals surface area (Å²) in [6.45, 7) is 5.65. The van der Waals surface area contributed by atoms with Crippen LogP contribution in [-0.2, 0) is 19.3 Å². The second-order valence-electron chi connectivity index (χ2n) is 4.41. The first-order chi connectivity index (χ1) is 7.35. The summed E-state index contributed by atoms with van der Waals surface area (Å²) < 4.78 is 0. The van der Waals surface area contributed by atoms with E-state index in [-0.39, 0.29) is 0 Å². The minimum atomic E-state index is 1.12. The maximum Gasteiger partial charge on any atom is 0.0376 e. The van der Waals surface area contributed by atoms with Gasteiger partial charge in [-0.3, -0.25) is 0 Å². The number of fused-ring (bicyclic) bond motifs is 1. The van der Waals surface area contributed by atoms with E-state index in [0.29, 0.717) is 0 Å². The molecule has 2 rings (SSSR count). The lowest BCUT2D eigenvalue weighted by Crippen LogP contribution is -1.96. The molecule has 0 spiro atoms. The topological polar surface area (TPSA) is 12.0 Å². The van der Waals surface area contributed by atoms with Crippen molar-refractivity contribution in [2.24, 2.45) is 0 Å². The first-order valence-electron chi connectivity index (χ1n) is 6.23. The molecule has 15 heavy (non-hydrogen) atoms. The van der Waals surface area contributed by atoms with Crippen molar-refractivity contribution >= 4 is 5.69 Å². The van der Waals surface area contributed by atoms with Gasteiger partial charge in [-0.25, -0.2) is 0 Å². The molecule has 1 aromatic carbocycles. The van der Waals surface area contributed by atoms with Gasteiger partial charge in [-0.1, -0.05) is 26.3 Å². The molecule has 1 aromatic rings. The van der Waals surface area contributed by atoms with Crippen LogP contribution < -0.4 is 5.32 Å². The van der Waals surface area contributed by atoms with E-state index in [9.17, 15) is 0 Å². The van der Waals surface area contributed by atoms with Crippen molar-refractivity contribution in [2.45, 2.75) is 46.0 Å². The predicted molar refractivity (Wildman–Crippen MR) is 66.6 cm³/mol. The number of hydrogen-bond acceptors (Lipinski definition) is 1. The van der Waals surface area contributed by atoms with Crippen LogP contribution in [0.4, 0.5) is 5.69 Å². The molecule has 0 saturated heterocycles. The molecule has 0 unspecified atom stereocenters. The number of anilines is 1. The monoisotopic (exact) mass is 203 g/mol. The average Bonchev–Trinajstić information content (AvgIpc) is 2.71. The second kappa shape index (κ2) is 4.69. The fourth-order valence-corrected chi connectivity index (χ4v) is 2.37. The molecule has 0 amide bonds. The van der Waals surface area contributed by atoms with Crippen LogP contribution in [-0.4, -0.2) is 6.54 Å². The van der Waals surface area contributed by atoms with Crippen LogP contribution in [0, 0.1) is 0 Å². The van der Waals surface area contributed by atoms with Crippen molar-refractivity contribution in [2.75, 3.05) is 11.9 Å². The van der Waals surface area contributed by atoms with E-state index in [4.69, 9.17) is 0 Å². The summed E-state index contributed by atoms with van der Waals surface area (Å²) in [6, 6.07) is 4.80. The number of hydrogen-bond donors (Lipinski definition) is 1. The number of nitrogens with one attached hydrogen (secondary N) is 1. The van der Waals surface area contributed by atoms with Gasteiger partial charge in [-0.05, 0) is 48.4 Å². The van der Waals surface area contributed by atoms with Gasteiger partial charge in [0, 0.05) is 12.2 Å². The van der Waals surface area contributed by atoms with Gasteiger partial charge in [0.1, 0.15) is 0 Å². The van der Waals surface area contributed by atoms with Gasteiger partial charge >= 0.3 is 0 Å². The van der Waals surface area contributed by atoms with Gasteiger partial charge in [0.2, 0.25) is 0 Å². The Morgan fingerprint density at radius 2 is 2.07 bits per heavy atom. The van der Waals surface area contributed by atoms with E-state index in [1.807, 2.05) is 0 Å². The van der Waals surface area contributed by atoms with Gasteiger partial charge in [-0.15, -0.1) is 0 Å². The molecular formula is C14H21N. The molecule has 0 bridgehead atoms. The first-order valence-corrected chi connectivity index (χ1v) is 6.23. The summed E-state index contributed by atoms with van der Waals surface area (Å²) in [5, 5.41) is 3.47. The Morgan fingerprint density at radius 3 is 2.80 bits per heavy atom. The van der Waals surface area contributed by atoms with Crippen LogP contribution in [0.15, 0.2) is 12.1 Å². The Morgan fingerprint density at radius 1 is 1.20 bits per heavy atom. The number of benzene rings is 1. The molecule has 1 aliphatic heterocycles. The van der Waals surface area contributed by atoms with Gasteiger partial charge in [0.15, 0.2) is 0 Å². The fourth-order valence-electron chi connectivity index (χ4n) is 2.37. The molecule has 0 aromatic heterocycles. The highest BCUT2D eigenvalue weighted by atomic mass is 14.9. The zero-order chi connectivity index (χ0) is 10.7. The molecule has 0 radical (unpaired) electrons. The molecule has 1 aliphatic rings. The lowest BCUT2D eigenvalue weighted by Gasteiger charge is -2.10. The summed E-state index contributed by atoms with van der Waals surface area (Å²) in [5.41, 5.74) is 6.03. The van der Waals surface area contributed by atoms with Crippen LogP contribution in [0.3, 0.4) is 0 Å². The Kier molecular flexibility index (Phi) is 3.30. The molecule has 1 heterocycles.